The average molecular weight is 645 g/mol. The van der Waals surface area contributed by atoms with Crippen LogP contribution in [0.1, 0.15) is 31.2 Å². The second kappa shape index (κ2) is 13.8. The SMILES string of the molecule is CNCC(=O)OCc1c(Cl)cccc1N(C)C(=O)OC(C)[n+]1cnn(CC(O)(c2ccc(F)cc2F)C(C)S(C)(=O)=O)c1. The summed E-state index contributed by atoms with van der Waals surface area (Å²) in [5, 5.41) is 17.1. The number of anilines is 1. The molecule has 0 spiro atoms. The fourth-order valence-electron chi connectivity index (χ4n) is 4.22. The van der Waals surface area contributed by atoms with E-state index < -0.39 is 62.7 Å². The van der Waals surface area contributed by atoms with Gasteiger partial charge < -0.3 is 19.9 Å². The van der Waals surface area contributed by atoms with Crippen molar-refractivity contribution in [1.82, 2.24) is 15.1 Å². The topological polar surface area (TPSA) is 144 Å². The van der Waals surface area contributed by atoms with Gasteiger partial charge in [0.05, 0.1) is 17.5 Å². The Morgan fingerprint density at radius 1 is 1.26 bits per heavy atom. The molecule has 3 unspecified atom stereocenters. The fourth-order valence-corrected chi connectivity index (χ4v) is 5.35. The van der Waals surface area contributed by atoms with Gasteiger partial charge in [0, 0.05) is 47.5 Å². The molecule has 1 heterocycles. The van der Waals surface area contributed by atoms with E-state index in [1.165, 1.54) is 43.0 Å². The first-order valence-corrected chi connectivity index (χ1v) is 15.2. The minimum atomic E-state index is -3.91. The Kier molecular flexibility index (Phi) is 10.8. The first-order chi connectivity index (χ1) is 20.1. The van der Waals surface area contributed by atoms with Crippen molar-refractivity contribution < 1.29 is 45.9 Å². The Bertz CT molecular complexity index is 1590. The number of benzene rings is 2. The molecule has 1 amide bonds. The Morgan fingerprint density at radius 2 is 1.95 bits per heavy atom. The number of rotatable bonds is 12. The highest BCUT2D eigenvalue weighted by atomic mass is 35.5. The third kappa shape index (κ3) is 8.04. The van der Waals surface area contributed by atoms with Crippen LogP contribution in [0.5, 0.6) is 0 Å². The van der Waals surface area contributed by atoms with E-state index in [0.29, 0.717) is 17.3 Å². The zero-order valence-electron chi connectivity index (χ0n) is 24.1. The van der Waals surface area contributed by atoms with Crippen molar-refractivity contribution in [3.8, 4) is 0 Å². The van der Waals surface area contributed by atoms with Crippen LogP contribution < -0.4 is 14.8 Å². The number of nitrogens with zero attached hydrogens (tertiary/aromatic N) is 4. The molecular formula is C27H33ClF2N5O7S+. The number of aromatic nitrogens is 3. The molecule has 0 fully saturated rings. The molecule has 0 bridgehead atoms. The summed E-state index contributed by atoms with van der Waals surface area (Å²) in [6.07, 6.45) is 1.72. The van der Waals surface area contributed by atoms with E-state index in [-0.39, 0.29) is 18.2 Å². The summed E-state index contributed by atoms with van der Waals surface area (Å²) in [4.78, 5) is 26.0. The number of likely N-dealkylation sites (N-methyl/N-ethyl adjacent to an activating group) is 1. The molecule has 16 heteroatoms. The first kappa shape index (κ1) is 33.8. The van der Waals surface area contributed by atoms with Crippen molar-refractivity contribution in [3.63, 3.8) is 0 Å². The molecule has 0 aliphatic rings. The second-order valence-corrected chi connectivity index (χ2v) is 12.7. The standard InChI is InChI=1S/C27H33ClF2N5O7S/c1-17(43(5,39)40)27(38,21-10-9-19(29)11-23(21)30)14-35-16-34(15-32-35)18(2)42-26(37)33(4)24-8-6-7-22(28)20(24)13-41-25(36)12-31-3/h6-11,15-18,31,38H,12-14H2,1-5H3/q+1. The molecule has 234 valence electrons. The normalized spacial score (nSPS) is 14.4. The van der Waals surface area contributed by atoms with Gasteiger partial charge in [0.2, 0.25) is 12.6 Å². The van der Waals surface area contributed by atoms with Crippen molar-refractivity contribution in [2.45, 2.75) is 44.1 Å². The molecule has 0 saturated heterocycles. The van der Waals surface area contributed by atoms with Crippen molar-refractivity contribution in [2.24, 2.45) is 0 Å². The lowest BCUT2D eigenvalue weighted by molar-refractivity contribution is -0.753. The van der Waals surface area contributed by atoms with E-state index >= 15 is 0 Å². The van der Waals surface area contributed by atoms with Crippen LogP contribution in [0.15, 0.2) is 49.1 Å². The van der Waals surface area contributed by atoms with Gasteiger partial charge in [0.15, 0.2) is 9.84 Å². The number of esters is 1. The number of aliphatic hydroxyl groups is 1. The monoisotopic (exact) mass is 644 g/mol. The van der Waals surface area contributed by atoms with Crippen LogP contribution in [0.2, 0.25) is 5.02 Å². The molecule has 0 saturated carbocycles. The predicted octanol–water partition coefficient (Wildman–Crippen LogP) is 2.48. The zero-order valence-corrected chi connectivity index (χ0v) is 25.7. The predicted molar refractivity (Wildman–Crippen MR) is 152 cm³/mol. The van der Waals surface area contributed by atoms with Crippen LogP contribution >= 0.6 is 11.6 Å². The van der Waals surface area contributed by atoms with Crippen molar-refractivity contribution in [1.29, 1.82) is 0 Å². The molecule has 3 aromatic rings. The molecule has 0 aliphatic heterocycles. The highest BCUT2D eigenvalue weighted by molar-refractivity contribution is 7.91. The minimum absolute atomic E-state index is 0.0104. The van der Waals surface area contributed by atoms with E-state index in [4.69, 9.17) is 21.1 Å². The highest BCUT2D eigenvalue weighted by Crippen LogP contribution is 2.33. The molecule has 2 aromatic carbocycles. The largest absolute Gasteiger partial charge is 0.460 e. The Labute approximate surface area is 252 Å². The van der Waals surface area contributed by atoms with Crippen LogP contribution in [0.3, 0.4) is 0 Å². The minimum Gasteiger partial charge on any atom is -0.460 e. The Hall–Kier alpha value is -3.66. The van der Waals surface area contributed by atoms with Gasteiger partial charge >= 0.3 is 12.1 Å². The van der Waals surface area contributed by atoms with Crippen molar-refractivity contribution >= 4 is 39.2 Å². The quantitative estimate of drug-likeness (QED) is 0.224. The van der Waals surface area contributed by atoms with Crippen molar-refractivity contribution in [2.75, 3.05) is 31.8 Å². The van der Waals surface area contributed by atoms with Crippen LogP contribution in [0.4, 0.5) is 19.3 Å². The summed E-state index contributed by atoms with van der Waals surface area (Å²) in [6.45, 7) is 2.01. The number of amides is 1. The van der Waals surface area contributed by atoms with E-state index in [1.54, 1.807) is 25.2 Å². The van der Waals surface area contributed by atoms with Gasteiger partial charge in [-0.1, -0.05) is 23.7 Å². The molecular weight excluding hydrogens is 612 g/mol. The fraction of sp³-hybridized carbons (Fsp3) is 0.407. The number of nitrogens with one attached hydrogen (secondary N) is 1. The van der Waals surface area contributed by atoms with Gasteiger partial charge in [-0.3, -0.25) is 9.69 Å². The van der Waals surface area contributed by atoms with Crippen LogP contribution in [0.25, 0.3) is 0 Å². The molecule has 0 radical (unpaired) electrons. The van der Waals surface area contributed by atoms with Gasteiger partial charge in [-0.2, -0.15) is 4.57 Å². The van der Waals surface area contributed by atoms with Gasteiger partial charge in [0.25, 0.3) is 6.33 Å². The Balaban J connectivity index is 1.80. The molecule has 12 nitrogen and oxygen atoms in total. The lowest BCUT2D eigenvalue weighted by Gasteiger charge is -2.31. The summed E-state index contributed by atoms with van der Waals surface area (Å²) in [6, 6.07) is 7.25. The maximum Gasteiger partial charge on any atom is 0.416 e. The highest BCUT2D eigenvalue weighted by Gasteiger charge is 2.46. The van der Waals surface area contributed by atoms with E-state index in [0.717, 1.165) is 23.1 Å². The van der Waals surface area contributed by atoms with Gasteiger partial charge in [-0.25, -0.2) is 22.0 Å². The lowest BCUT2D eigenvalue weighted by Crippen LogP contribution is -2.47. The third-order valence-corrected chi connectivity index (χ3v) is 8.86. The van der Waals surface area contributed by atoms with Gasteiger partial charge in [-0.15, -0.1) is 4.68 Å². The summed E-state index contributed by atoms with van der Waals surface area (Å²) in [5.41, 5.74) is -2.05. The summed E-state index contributed by atoms with van der Waals surface area (Å²) in [5.74, 6) is -2.53. The summed E-state index contributed by atoms with van der Waals surface area (Å²) < 4.78 is 66.4. The Morgan fingerprint density at radius 3 is 2.58 bits per heavy atom. The van der Waals surface area contributed by atoms with Crippen LogP contribution in [-0.4, -0.2) is 67.5 Å². The van der Waals surface area contributed by atoms with Crippen LogP contribution in [0, 0.1) is 11.6 Å². The number of hydrogen-bond acceptors (Lipinski definition) is 9. The van der Waals surface area contributed by atoms with Crippen LogP contribution in [-0.2, 0) is 42.9 Å². The number of halogens is 3. The first-order valence-electron chi connectivity index (χ1n) is 12.9. The van der Waals surface area contributed by atoms with Crippen molar-refractivity contribution in [3.05, 3.63) is 76.8 Å². The number of carbonyl (C=O) groups excluding carboxylic acids is 2. The van der Waals surface area contributed by atoms with Gasteiger partial charge in [-0.05, 0) is 32.2 Å². The summed E-state index contributed by atoms with van der Waals surface area (Å²) >= 11 is 6.31. The van der Waals surface area contributed by atoms with E-state index in [9.17, 15) is 31.9 Å². The number of hydrogen-bond donors (Lipinski definition) is 2. The third-order valence-electron chi connectivity index (χ3n) is 6.83. The lowest BCUT2D eigenvalue weighted by atomic mass is 9.90. The van der Waals surface area contributed by atoms with E-state index in [2.05, 4.69) is 10.4 Å². The van der Waals surface area contributed by atoms with Gasteiger partial charge in [0.1, 0.15) is 30.4 Å². The number of carbonyl (C=O) groups is 2. The number of ether oxygens (including phenoxy) is 2. The molecule has 3 atom stereocenters. The maximum absolute atomic E-state index is 14.7. The maximum atomic E-state index is 14.7. The number of sulfone groups is 1. The molecule has 2 N–H and O–H groups in total. The molecule has 3 rings (SSSR count). The molecule has 1 aromatic heterocycles. The smallest absolute Gasteiger partial charge is 0.416 e. The zero-order chi connectivity index (χ0) is 32.1. The summed E-state index contributed by atoms with van der Waals surface area (Å²) in [7, 11) is -0.873. The average Bonchev–Trinajstić information content (AvgIpc) is 3.39. The molecule has 0 aliphatic carbocycles. The molecule has 43 heavy (non-hydrogen) atoms. The second-order valence-electron chi connectivity index (χ2n) is 9.88. The van der Waals surface area contributed by atoms with E-state index in [1.807, 2.05) is 0 Å².